The van der Waals surface area contributed by atoms with Crippen molar-refractivity contribution in [2.45, 2.75) is 44.4 Å². The molecule has 0 unspecified atom stereocenters. The molecule has 2 nitrogen and oxygen atoms in total. The Morgan fingerprint density at radius 2 is 1.83 bits per heavy atom. The minimum atomic E-state index is -3.34. The van der Waals surface area contributed by atoms with E-state index in [1.165, 1.54) is 12.8 Å². The highest BCUT2D eigenvalue weighted by atomic mass is 32.2. The molecule has 0 radical (unpaired) electrons. The summed E-state index contributed by atoms with van der Waals surface area (Å²) in [5, 5.41) is 1.16. The fraction of sp³-hybridized carbons (Fsp3) is 0.400. The third-order valence-electron chi connectivity index (χ3n) is 2.64. The van der Waals surface area contributed by atoms with Gasteiger partial charge >= 0.3 is 0 Å². The summed E-state index contributed by atoms with van der Waals surface area (Å²) in [5.41, 5.74) is 3.81. The van der Waals surface area contributed by atoms with Crippen LogP contribution in [0.3, 0.4) is 0 Å². The van der Waals surface area contributed by atoms with Crippen molar-refractivity contribution < 1.29 is 8.42 Å². The number of hydrogen-bond acceptors (Lipinski definition) is 2. The molecule has 0 heterocycles. The second kappa shape index (κ2) is 7.20. The molecule has 0 bridgehead atoms. The van der Waals surface area contributed by atoms with Crippen LogP contribution in [0.1, 0.15) is 38.2 Å². The van der Waals surface area contributed by atoms with Crippen molar-refractivity contribution in [2.24, 2.45) is 0 Å². The van der Waals surface area contributed by atoms with Gasteiger partial charge < -0.3 is 0 Å². The number of aryl methyl sites for hydroxylation is 1. The van der Waals surface area contributed by atoms with Crippen LogP contribution in [-0.2, 0) is 9.84 Å². The predicted octanol–water partition coefficient (Wildman–Crippen LogP) is 4.02. The Morgan fingerprint density at radius 3 is 2.44 bits per heavy atom. The quantitative estimate of drug-likeness (QED) is 0.574. The molecule has 0 aliphatic rings. The zero-order chi connectivity index (χ0) is 13.4. The van der Waals surface area contributed by atoms with E-state index in [2.05, 4.69) is 12.7 Å². The van der Waals surface area contributed by atoms with E-state index in [0.717, 1.165) is 23.8 Å². The van der Waals surface area contributed by atoms with Crippen molar-refractivity contribution >= 4 is 9.84 Å². The normalized spacial score (nSPS) is 10.8. The lowest BCUT2D eigenvalue weighted by Gasteiger charge is -1.98. The van der Waals surface area contributed by atoms with Gasteiger partial charge in [0.2, 0.25) is 9.84 Å². The van der Waals surface area contributed by atoms with Crippen LogP contribution in [0.15, 0.2) is 46.4 Å². The number of hydrogen-bond donors (Lipinski definition) is 0. The fourth-order valence-corrected chi connectivity index (χ4v) is 2.44. The minimum absolute atomic E-state index is 0.322. The van der Waals surface area contributed by atoms with Crippen LogP contribution < -0.4 is 0 Å². The van der Waals surface area contributed by atoms with E-state index >= 15 is 0 Å². The Labute approximate surface area is 110 Å². The Bertz CT molecular complexity index is 518. The topological polar surface area (TPSA) is 34.1 Å². The van der Waals surface area contributed by atoms with Crippen LogP contribution in [0.5, 0.6) is 0 Å². The highest BCUT2D eigenvalue weighted by molar-refractivity contribution is 7.94. The molecule has 0 saturated heterocycles. The molecule has 0 aliphatic heterocycles. The molecule has 0 aromatic heterocycles. The zero-order valence-corrected chi connectivity index (χ0v) is 11.8. The van der Waals surface area contributed by atoms with Gasteiger partial charge in [-0.15, -0.1) is 5.73 Å². The van der Waals surface area contributed by atoms with Crippen molar-refractivity contribution in [3.05, 3.63) is 47.0 Å². The molecule has 0 spiro atoms. The molecular weight excluding hydrogens is 244 g/mol. The monoisotopic (exact) mass is 264 g/mol. The molecular formula is C15H20O2S. The summed E-state index contributed by atoms with van der Waals surface area (Å²) in [6, 6.07) is 6.84. The lowest BCUT2D eigenvalue weighted by molar-refractivity contribution is 0.604. The Kier molecular flexibility index (Phi) is 5.90. The third kappa shape index (κ3) is 4.91. The van der Waals surface area contributed by atoms with Crippen molar-refractivity contribution in [3.63, 3.8) is 0 Å². The molecule has 3 heteroatoms. The first-order valence-electron chi connectivity index (χ1n) is 6.29. The first kappa shape index (κ1) is 14.7. The number of sulfone groups is 1. The molecule has 98 valence electrons. The van der Waals surface area contributed by atoms with E-state index in [1.54, 1.807) is 30.3 Å². The molecule has 1 rings (SSSR count). The summed E-state index contributed by atoms with van der Waals surface area (Å²) in [5.74, 6) is 0. The first-order chi connectivity index (χ1) is 8.56. The predicted molar refractivity (Wildman–Crippen MR) is 75.2 cm³/mol. The van der Waals surface area contributed by atoms with E-state index < -0.39 is 9.84 Å². The summed E-state index contributed by atoms with van der Waals surface area (Å²) < 4.78 is 23.8. The van der Waals surface area contributed by atoms with Crippen LogP contribution in [0.2, 0.25) is 0 Å². The van der Waals surface area contributed by atoms with Crippen molar-refractivity contribution in [2.75, 3.05) is 0 Å². The van der Waals surface area contributed by atoms with E-state index in [9.17, 15) is 8.42 Å². The largest absolute Gasteiger partial charge is 0.218 e. The van der Waals surface area contributed by atoms with E-state index in [1.807, 2.05) is 6.92 Å². The average molecular weight is 264 g/mol. The molecule has 0 aliphatic carbocycles. The van der Waals surface area contributed by atoms with Crippen molar-refractivity contribution in [1.29, 1.82) is 0 Å². The third-order valence-corrected chi connectivity index (χ3v) is 4.02. The highest BCUT2D eigenvalue weighted by Gasteiger charge is 2.08. The van der Waals surface area contributed by atoms with Crippen LogP contribution in [0.4, 0.5) is 0 Å². The first-order valence-corrected chi connectivity index (χ1v) is 7.83. The van der Waals surface area contributed by atoms with Gasteiger partial charge in [-0.2, -0.15) is 0 Å². The molecule has 18 heavy (non-hydrogen) atoms. The van der Waals surface area contributed by atoms with Crippen LogP contribution in [0.25, 0.3) is 0 Å². The van der Waals surface area contributed by atoms with Gasteiger partial charge in [-0.25, -0.2) is 8.42 Å². The van der Waals surface area contributed by atoms with Gasteiger partial charge in [-0.3, -0.25) is 0 Å². The van der Waals surface area contributed by atoms with Crippen LogP contribution in [0, 0.1) is 6.92 Å². The summed E-state index contributed by atoms with van der Waals surface area (Å²) in [6.45, 7) is 4.07. The second-order valence-corrected chi connectivity index (χ2v) is 6.14. The number of unbranched alkanes of at least 4 members (excludes halogenated alkanes) is 3. The van der Waals surface area contributed by atoms with Gasteiger partial charge in [-0.05, 0) is 38.0 Å². The lowest BCUT2D eigenvalue weighted by atomic mass is 10.2. The smallest absolute Gasteiger partial charge is 0.207 e. The standard InChI is InChI=1S/C15H20O2S/c1-3-4-5-6-7-8-13-18(16,17)15-11-9-14(2)10-12-15/h7,9-13H,3-6H2,1-2H3. The maximum absolute atomic E-state index is 11.9. The van der Waals surface area contributed by atoms with E-state index in [4.69, 9.17) is 0 Å². The molecule has 1 aromatic carbocycles. The summed E-state index contributed by atoms with van der Waals surface area (Å²) >= 11 is 0. The van der Waals surface area contributed by atoms with Crippen molar-refractivity contribution in [1.82, 2.24) is 0 Å². The summed E-state index contributed by atoms with van der Waals surface area (Å²) in [4.78, 5) is 0.322. The Balaban J connectivity index is 2.70. The van der Waals surface area contributed by atoms with Gasteiger partial charge in [0, 0.05) is 0 Å². The van der Waals surface area contributed by atoms with Gasteiger partial charge in [0.25, 0.3) is 0 Å². The lowest BCUT2D eigenvalue weighted by Crippen LogP contribution is -1.95. The van der Waals surface area contributed by atoms with Crippen molar-refractivity contribution in [3.8, 4) is 0 Å². The van der Waals surface area contributed by atoms with Gasteiger partial charge in [0.05, 0.1) is 10.3 Å². The summed E-state index contributed by atoms with van der Waals surface area (Å²) in [6.07, 6.45) is 6.10. The maximum atomic E-state index is 11.9. The molecule has 0 fully saturated rings. The zero-order valence-electron chi connectivity index (χ0n) is 11.0. The second-order valence-electron chi connectivity index (χ2n) is 4.34. The summed E-state index contributed by atoms with van der Waals surface area (Å²) in [7, 11) is -3.34. The van der Waals surface area contributed by atoms with E-state index in [-0.39, 0.29) is 0 Å². The average Bonchev–Trinajstić information content (AvgIpc) is 2.34. The Hall–Kier alpha value is -1.31. The molecule has 0 N–H and O–H groups in total. The fourth-order valence-electron chi connectivity index (χ4n) is 1.51. The number of benzene rings is 1. The van der Waals surface area contributed by atoms with E-state index in [0.29, 0.717) is 4.90 Å². The molecule has 0 saturated carbocycles. The highest BCUT2D eigenvalue weighted by Crippen LogP contribution is 2.12. The molecule has 1 aromatic rings. The minimum Gasteiger partial charge on any atom is -0.218 e. The SMILES string of the molecule is CCCCCC=C=CS(=O)(=O)c1ccc(C)cc1. The van der Waals surface area contributed by atoms with Crippen LogP contribution >= 0.6 is 0 Å². The molecule has 0 amide bonds. The number of rotatable bonds is 6. The molecule has 0 atom stereocenters. The number of allylic oxidation sites excluding steroid dienone is 1. The Morgan fingerprint density at radius 1 is 1.17 bits per heavy atom. The van der Waals surface area contributed by atoms with Crippen LogP contribution in [-0.4, -0.2) is 8.42 Å². The van der Waals surface area contributed by atoms with Gasteiger partial charge in [0.15, 0.2) is 0 Å². The van der Waals surface area contributed by atoms with Gasteiger partial charge in [-0.1, -0.05) is 37.5 Å². The van der Waals surface area contributed by atoms with Gasteiger partial charge in [0.1, 0.15) is 0 Å². The maximum Gasteiger partial charge on any atom is 0.207 e.